The Balaban J connectivity index is 3.35. The summed E-state index contributed by atoms with van der Waals surface area (Å²) in [6, 6.07) is 0. The lowest BCUT2D eigenvalue weighted by molar-refractivity contribution is 0.597. The lowest BCUT2D eigenvalue weighted by Crippen LogP contribution is -1.94. The molecular formula is C11H19. The maximum Gasteiger partial charge on any atom is -0.0105 e. The van der Waals surface area contributed by atoms with Gasteiger partial charge in [0, 0.05) is 0 Å². The molecule has 0 heteroatoms. The van der Waals surface area contributed by atoms with E-state index in [2.05, 4.69) is 26.5 Å². The Hall–Kier alpha value is -0.520. The van der Waals surface area contributed by atoms with Crippen LogP contribution < -0.4 is 0 Å². The molecular weight excluding hydrogens is 132 g/mol. The van der Waals surface area contributed by atoms with Crippen molar-refractivity contribution in [3.8, 4) is 0 Å². The van der Waals surface area contributed by atoms with Crippen LogP contribution in [0, 0.1) is 12.3 Å². The molecule has 0 aliphatic carbocycles. The highest BCUT2D eigenvalue weighted by molar-refractivity contribution is 4.99. The molecule has 0 aliphatic rings. The Labute approximate surface area is 71.0 Å². The van der Waals surface area contributed by atoms with Crippen LogP contribution >= 0.6 is 0 Å². The molecule has 0 aromatic rings. The smallest absolute Gasteiger partial charge is 0.0105 e. The van der Waals surface area contributed by atoms with Crippen LogP contribution in [0.25, 0.3) is 0 Å². The molecule has 0 nitrogen and oxygen atoms in total. The van der Waals surface area contributed by atoms with Crippen LogP contribution in [-0.2, 0) is 0 Å². The van der Waals surface area contributed by atoms with Crippen LogP contribution in [0.5, 0.6) is 0 Å². The molecule has 0 bridgehead atoms. The third-order valence-electron chi connectivity index (χ3n) is 1.83. The number of unbranched alkanes of at least 4 members (excludes halogenated alkanes) is 2. The molecule has 0 aromatic carbocycles. The van der Waals surface area contributed by atoms with Crippen molar-refractivity contribution in [3.05, 3.63) is 31.7 Å². The van der Waals surface area contributed by atoms with Crippen LogP contribution in [0.1, 0.15) is 32.6 Å². The van der Waals surface area contributed by atoms with Gasteiger partial charge in [-0.15, -0.1) is 13.2 Å². The van der Waals surface area contributed by atoms with Gasteiger partial charge in [-0.05, 0) is 18.8 Å². The van der Waals surface area contributed by atoms with Crippen LogP contribution in [-0.4, -0.2) is 0 Å². The molecule has 1 atom stereocenters. The highest BCUT2D eigenvalue weighted by Gasteiger charge is 2.00. The lowest BCUT2D eigenvalue weighted by atomic mass is 9.98. The van der Waals surface area contributed by atoms with E-state index >= 15 is 0 Å². The van der Waals surface area contributed by atoms with Crippen molar-refractivity contribution >= 4 is 0 Å². The Bertz CT molecular complexity index is 103. The van der Waals surface area contributed by atoms with E-state index in [0.29, 0.717) is 5.92 Å². The number of hydrogen-bond donors (Lipinski definition) is 0. The van der Waals surface area contributed by atoms with E-state index in [0.717, 1.165) is 0 Å². The van der Waals surface area contributed by atoms with E-state index in [-0.39, 0.29) is 0 Å². The largest absolute Gasteiger partial charge is 0.103 e. The van der Waals surface area contributed by atoms with E-state index in [1.807, 2.05) is 12.2 Å². The molecule has 63 valence electrons. The van der Waals surface area contributed by atoms with Crippen LogP contribution in [0.2, 0.25) is 0 Å². The first-order valence-electron chi connectivity index (χ1n) is 4.43. The Morgan fingerprint density at radius 1 is 1.27 bits per heavy atom. The molecule has 0 spiro atoms. The average molecular weight is 151 g/mol. The fourth-order valence-corrected chi connectivity index (χ4v) is 1.10. The second kappa shape index (κ2) is 7.59. The molecule has 0 amide bonds. The van der Waals surface area contributed by atoms with Gasteiger partial charge in [0.2, 0.25) is 0 Å². The highest BCUT2D eigenvalue weighted by Crippen LogP contribution is 2.13. The van der Waals surface area contributed by atoms with Crippen LogP contribution in [0.4, 0.5) is 0 Å². The fourth-order valence-electron chi connectivity index (χ4n) is 1.10. The van der Waals surface area contributed by atoms with E-state index in [4.69, 9.17) is 0 Å². The Morgan fingerprint density at radius 2 is 2.00 bits per heavy atom. The van der Waals surface area contributed by atoms with Gasteiger partial charge in [-0.2, -0.15) is 0 Å². The monoisotopic (exact) mass is 151 g/mol. The molecule has 1 radical (unpaired) electrons. The van der Waals surface area contributed by atoms with E-state index in [1.165, 1.54) is 25.7 Å². The minimum Gasteiger partial charge on any atom is -0.103 e. The molecule has 0 aromatic heterocycles. The van der Waals surface area contributed by atoms with Gasteiger partial charge < -0.3 is 0 Å². The second-order valence-corrected chi connectivity index (χ2v) is 2.82. The zero-order chi connectivity index (χ0) is 8.53. The van der Waals surface area contributed by atoms with Crippen LogP contribution in [0.15, 0.2) is 25.3 Å². The average Bonchev–Trinajstić information content (AvgIpc) is 2.03. The zero-order valence-electron chi connectivity index (χ0n) is 7.55. The summed E-state index contributed by atoms with van der Waals surface area (Å²) in [5.74, 6) is 0.541. The molecule has 0 fully saturated rings. The summed E-state index contributed by atoms with van der Waals surface area (Å²) < 4.78 is 0. The van der Waals surface area contributed by atoms with Crippen molar-refractivity contribution in [1.82, 2.24) is 0 Å². The first kappa shape index (κ1) is 10.5. The summed E-state index contributed by atoms with van der Waals surface area (Å²) >= 11 is 0. The molecule has 0 saturated carbocycles. The summed E-state index contributed by atoms with van der Waals surface area (Å²) in [7, 11) is 0. The van der Waals surface area contributed by atoms with E-state index < -0.39 is 0 Å². The highest BCUT2D eigenvalue weighted by atomic mass is 14.0. The minimum absolute atomic E-state index is 0.541. The topological polar surface area (TPSA) is 0 Å². The van der Waals surface area contributed by atoms with Gasteiger partial charge in [0.15, 0.2) is 0 Å². The molecule has 11 heavy (non-hydrogen) atoms. The minimum atomic E-state index is 0.541. The van der Waals surface area contributed by atoms with Gasteiger partial charge in [-0.1, -0.05) is 38.3 Å². The van der Waals surface area contributed by atoms with Gasteiger partial charge in [0.05, 0.1) is 0 Å². The fraction of sp³-hybridized carbons (Fsp3) is 0.545. The molecule has 0 aliphatic heterocycles. The van der Waals surface area contributed by atoms with Gasteiger partial charge in [-0.25, -0.2) is 0 Å². The summed E-state index contributed by atoms with van der Waals surface area (Å²) in [5.41, 5.74) is 0. The number of rotatable bonds is 7. The van der Waals surface area contributed by atoms with Gasteiger partial charge in [0.25, 0.3) is 0 Å². The van der Waals surface area contributed by atoms with E-state index in [1.54, 1.807) is 0 Å². The van der Waals surface area contributed by atoms with Crippen molar-refractivity contribution in [3.63, 3.8) is 0 Å². The predicted molar refractivity (Wildman–Crippen MR) is 52.3 cm³/mol. The molecule has 0 heterocycles. The zero-order valence-corrected chi connectivity index (χ0v) is 7.55. The summed E-state index contributed by atoms with van der Waals surface area (Å²) in [6.07, 6.45) is 11.1. The predicted octanol–water partition coefficient (Wildman–Crippen LogP) is 3.76. The summed E-state index contributed by atoms with van der Waals surface area (Å²) in [6.45, 7) is 9.68. The van der Waals surface area contributed by atoms with Gasteiger partial charge in [0.1, 0.15) is 0 Å². The van der Waals surface area contributed by atoms with Crippen molar-refractivity contribution in [2.75, 3.05) is 0 Å². The third kappa shape index (κ3) is 5.90. The van der Waals surface area contributed by atoms with Gasteiger partial charge in [-0.3, -0.25) is 0 Å². The normalized spacial score (nSPS) is 12.5. The first-order valence-corrected chi connectivity index (χ1v) is 4.43. The number of allylic oxidation sites excluding steroid dienone is 2. The number of hydrogen-bond acceptors (Lipinski definition) is 0. The third-order valence-corrected chi connectivity index (χ3v) is 1.83. The Morgan fingerprint density at radius 3 is 2.45 bits per heavy atom. The van der Waals surface area contributed by atoms with Crippen LogP contribution in [0.3, 0.4) is 0 Å². The maximum absolute atomic E-state index is 3.78. The quantitative estimate of drug-likeness (QED) is 0.384. The van der Waals surface area contributed by atoms with Crippen molar-refractivity contribution < 1.29 is 0 Å². The van der Waals surface area contributed by atoms with E-state index in [9.17, 15) is 0 Å². The standard InChI is InChI=1S/C11H19/c1-4-7-8-10-11(6-3)9-5-2/h5-6,9,11H,2-4,7-8,10H2,1H3. The van der Waals surface area contributed by atoms with Gasteiger partial charge >= 0.3 is 0 Å². The van der Waals surface area contributed by atoms with Crippen molar-refractivity contribution in [2.24, 2.45) is 5.92 Å². The lowest BCUT2D eigenvalue weighted by Gasteiger charge is -2.07. The molecule has 0 saturated heterocycles. The maximum atomic E-state index is 3.78. The second-order valence-electron chi connectivity index (χ2n) is 2.82. The van der Waals surface area contributed by atoms with Crippen molar-refractivity contribution in [1.29, 1.82) is 0 Å². The first-order chi connectivity index (χ1) is 5.35. The molecule has 0 N–H and O–H groups in total. The summed E-state index contributed by atoms with van der Waals surface area (Å²) in [4.78, 5) is 0. The van der Waals surface area contributed by atoms with Crippen molar-refractivity contribution in [2.45, 2.75) is 32.6 Å². The SMILES string of the molecule is C=C[CH]C(C=C)CCCCC. The molecule has 0 rings (SSSR count). The summed E-state index contributed by atoms with van der Waals surface area (Å²) in [5, 5.41) is 0. The Kier molecular flexibility index (Phi) is 7.23. The molecule has 1 unspecified atom stereocenters.